The van der Waals surface area contributed by atoms with Crippen molar-refractivity contribution < 1.29 is 4.79 Å². The van der Waals surface area contributed by atoms with Crippen LogP contribution >= 0.6 is 0 Å². The average molecular weight is 177 g/mol. The topological polar surface area (TPSA) is 20.3 Å². The Kier molecular flexibility index (Phi) is 1.38. The molecule has 2 atom stereocenters. The fourth-order valence-electron chi connectivity index (χ4n) is 3.40. The zero-order valence-electron chi connectivity index (χ0n) is 7.83. The van der Waals surface area contributed by atoms with E-state index in [0.29, 0.717) is 23.8 Å². The predicted molar refractivity (Wildman–Crippen MR) is 50.1 cm³/mol. The number of fused-ring (bicyclic) bond motifs is 1. The number of hydrogen-bond donors (Lipinski definition) is 0. The first-order chi connectivity index (χ1) is 6.27. The normalized spacial score (nSPS) is 42.8. The highest BCUT2D eigenvalue weighted by atomic mass is 16.1. The van der Waals surface area contributed by atoms with Crippen LogP contribution in [0.1, 0.15) is 32.1 Å². The van der Waals surface area contributed by atoms with Crippen molar-refractivity contribution in [1.29, 1.82) is 0 Å². The van der Waals surface area contributed by atoms with Gasteiger partial charge in [0.2, 0.25) is 0 Å². The Morgan fingerprint density at radius 3 is 2.38 bits per heavy atom. The van der Waals surface area contributed by atoms with Crippen LogP contribution in [0.5, 0.6) is 0 Å². The van der Waals surface area contributed by atoms with Crippen molar-refractivity contribution in [2.75, 3.05) is 0 Å². The first-order valence-corrected chi connectivity index (χ1v) is 5.29. The van der Waals surface area contributed by atoms with Crippen molar-refractivity contribution in [1.82, 2.24) is 4.90 Å². The predicted octanol–water partition coefficient (Wildman–Crippen LogP) is 1.72. The number of allylic oxidation sites excluding steroid dienone is 1. The lowest BCUT2D eigenvalue weighted by atomic mass is 9.71. The first-order valence-electron chi connectivity index (χ1n) is 5.29. The molecule has 4 saturated heterocycles. The van der Waals surface area contributed by atoms with Gasteiger partial charge in [-0.2, -0.15) is 0 Å². The lowest BCUT2D eigenvalue weighted by Crippen LogP contribution is -2.58. The largest absolute Gasteiger partial charge is 0.363 e. The van der Waals surface area contributed by atoms with Gasteiger partial charge in [-0.1, -0.05) is 6.58 Å². The molecular formula is C11H15NO. The fraction of sp³-hybridized carbons (Fsp3) is 0.727. The molecule has 0 N–H and O–H groups in total. The van der Waals surface area contributed by atoms with Gasteiger partial charge in [0.05, 0.1) is 5.70 Å². The van der Waals surface area contributed by atoms with Crippen LogP contribution in [0.4, 0.5) is 0 Å². The van der Waals surface area contributed by atoms with Crippen LogP contribution in [0, 0.1) is 5.92 Å². The highest BCUT2D eigenvalue weighted by Crippen LogP contribution is 2.44. The van der Waals surface area contributed by atoms with E-state index in [9.17, 15) is 4.79 Å². The minimum atomic E-state index is 0.327. The summed E-state index contributed by atoms with van der Waals surface area (Å²) in [6.45, 7) is 3.94. The maximum atomic E-state index is 11.7. The monoisotopic (exact) mass is 177 g/mol. The molecule has 0 aromatic carbocycles. The van der Waals surface area contributed by atoms with E-state index in [-0.39, 0.29) is 0 Å². The third kappa shape index (κ3) is 0.862. The number of carbonyl (C=O) groups is 1. The van der Waals surface area contributed by atoms with Gasteiger partial charge in [-0.3, -0.25) is 4.79 Å². The minimum absolute atomic E-state index is 0.327. The third-order valence-corrected chi connectivity index (χ3v) is 3.94. The standard InChI is InChI=1S/C11H15NO/c1-7-11(13)8-5-9-3-2-4-10(6-8)12(7)9/h8-10H,1-6H2. The number of Topliss-reactive ketones (excluding diaryl/α,β-unsaturated/α-hetero) is 1. The molecule has 0 saturated carbocycles. The minimum Gasteiger partial charge on any atom is -0.363 e. The van der Waals surface area contributed by atoms with Gasteiger partial charge in [0.25, 0.3) is 0 Å². The van der Waals surface area contributed by atoms with Gasteiger partial charge in [0.1, 0.15) is 0 Å². The van der Waals surface area contributed by atoms with Crippen molar-refractivity contribution in [3.05, 3.63) is 12.3 Å². The summed E-state index contributed by atoms with van der Waals surface area (Å²) in [5.74, 6) is 0.655. The second-order valence-electron chi connectivity index (χ2n) is 4.63. The van der Waals surface area contributed by atoms with Crippen molar-refractivity contribution >= 4 is 5.78 Å². The van der Waals surface area contributed by atoms with E-state index < -0.39 is 0 Å². The summed E-state index contributed by atoms with van der Waals surface area (Å²) in [7, 11) is 0. The second-order valence-corrected chi connectivity index (χ2v) is 4.63. The zero-order chi connectivity index (χ0) is 9.00. The summed E-state index contributed by atoms with van der Waals surface area (Å²) < 4.78 is 0. The molecule has 4 bridgehead atoms. The van der Waals surface area contributed by atoms with E-state index in [1.54, 1.807) is 0 Å². The number of hydrogen-bond acceptors (Lipinski definition) is 2. The van der Waals surface area contributed by atoms with E-state index in [4.69, 9.17) is 0 Å². The Morgan fingerprint density at radius 2 is 1.85 bits per heavy atom. The number of ketones is 1. The van der Waals surface area contributed by atoms with Crippen molar-refractivity contribution in [2.24, 2.45) is 5.92 Å². The van der Waals surface area contributed by atoms with E-state index in [1.165, 1.54) is 19.3 Å². The molecule has 0 amide bonds. The van der Waals surface area contributed by atoms with E-state index in [1.807, 2.05) is 0 Å². The number of rotatable bonds is 0. The van der Waals surface area contributed by atoms with Gasteiger partial charge in [0.15, 0.2) is 5.78 Å². The van der Waals surface area contributed by atoms with Gasteiger partial charge >= 0.3 is 0 Å². The molecule has 4 aliphatic rings. The molecule has 0 aliphatic carbocycles. The Hall–Kier alpha value is -0.790. The van der Waals surface area contributed by atoms with Crippen LogP contribution in [0.15, 0.2) is 12.3 Å². The zero-order valence-corrected chi connectivity index (χ0v) is 7.83. The molecule has 0 aromatic rings. The fourth-order valence-corrected chi connectivity index (χ4v) is 3.40. The first kappa shape index (κ1) is 7.60. The summed E-state index contributed by atoms with van der Waals surface area (Å²) >= 11 is 0. The maximum Gasteiger partial charge on any atom is 0.181 e. The van der Waals surface area contributed by atoms with E-state index in [2.05, 4.69) is 11.5 Å². The van der Waals surface area contributed by atoms with Crippen molar-refractivity contribution in [3.63, 3.8) is 0 Å². The molecular weight excluding hydrogens is 162 g/mol. The van der Waals surface area contributed by atoms with Crippen LogP contribution < -0.4 is 0 Å². The van der Waals surface area contributed by atoms with Crippen LogP contribution in [0.25, 0.3) is 0 Å². The molecule has 2 unspecified atom stereocenters. The summed E-state index contributed by atoms with van der Waals surface area (Å²) in [5, 5.41) is 0. The second kappa shape index (κ2) is 2.37. The van der Waals surface area contributed by atoms with E-state index >= 15 is 0 Å². The van der Waals surface area contributed by atoms with Crippen LogP contribution in [-0.2, 0) is 4.79 Å². The molecule has 0 aromatic heterocycles. The van der Waals surface area contributed by atoms with Gasteiger partial charge < -0.3 is 4.90 Å². The number of nitrogens with zero attached hydrogens (tertiary/aromatic N) is 1. The lowest BCUT2D eigenvalue weighted by Gasteiger charge is -2.54. The lowest BCUT2D eigenvalue weighted by molar-refractivity contribution is -0.132. The Labute approximate surface area is 78.6 Å². The number of carbonyl (C=O) groups excluding carboxylic acids is 1. The number of piperidine rings is 4. The molecule has 4 fully saturated rings. The molecule has 4 aliphatic heterocycles. The summed E-state index contributed by atoms with van der Waals surface area (Å²) in [6, 6.07) is 1.31. The quantitative estimate of drug-likeness (QED) is 0.525. The summed E-state index contributed by atoms with van der Waals surface area (Å²) in [6.07, 6.45) is 6.11. The van der Waals surface area contributed by atoms with Gasteiger partial charge in [-0.15, -0.1) is 0 Å². The molecule has 13 heavy (non-hydrogen) atoms. The molecule has 4 rings (SSSR count). The van der Waals surface area contributed by atoms with Gasteiger partial charge in [-0.05, 0) is 32.1 Å². The van der Waals surface area contributed by atoms with E-state index in [0.717, 1.165) is 18.5 Å². The highest BCUT2D eigenvalue weighted by Gasteiger charge is 2.47. The summed E-state index contributed by atoms with van der Waals surface area (Å²) in [5.41, 5.74) is 0.817. The van der Waals surface area contributed by atoms with Gasteiger partial charge in [0, 0.05) is 18.0 Å². The molecule has 70 valence electrons. The van der Waals surface area contributed by atoms with Gasteiger partial charge in [-0.25, -0.2) is 0 Å². The Bertz CT molecular complexity index is 270. The molecule has 0 radical (unpaired) electrons. The smallest absolute Gasteiger partial charge is 0.181 e. The highest BCUT2D eigenvalue weighted by molar-refractivity contribution is 5.97. The van der Waals surface area contributed by atoms with Crippen LogP contribution in [0.2, 0.25) is 0 Å². The third-order valence-electron chi connectivity index (χ3n) is 3.94. The van der Waals surface area contributed by atoms with Crippen LogP contribution in [-0.4, -0.2) is 22.8 Å². The molecule has 2 heteroatoms. The maximum absolute atomic E-state index is 11.7. The Balaban J connectivity index is 2.00. The van der Waals surface area contributed by atoms with Crippen molar-refractivity contribution in [3.8, 4) is 0 Å². The SMILES string of the molecule is C=C1C(=O)C2CC3CCCC(C2)N13. The van der Waals surface area contributed by atoms with Crippen molar-refractivity contribution in [2.45, 2.75) is 44.2 Å². The summed E-state index contributed by atoms with van der Waals surface area (Å²) in [4.78, 5) is 14.0. The van der Waals surface area contributed by atoms with Crippen LogP contribution in [0.3, 0.4) is 0 Å². The average Bonchev–Trinajstić information content (AvgIpc) is 2.11. The molecule has 2 nitrogen and oxygen atoms in total. The Morgan fingerprint density at radius 1 is 1.23 bits per heavy atom. The molecule has 0 spiro atoms. The molecule has 4 heterocycles.